The summed E-state index contributed by atoms with van der Waals surface area (Å²) in [6.45, 7) is 0. The van der Waals surface area contributed by atoms with E-state index in [0.717, 1.165) is 12.8 Å². The summed E-state index contributed by atoms with van der Waals surface area (Å²) >= 11 is 0. The minimum absolute atomic E-state index is 0.406. The molecule has 0 aromatic heterocycles. The lowest BCUT2D eigenvalue weighted by molar-refractivity contribution is -0.123. The van der Waals surface area contributed by atoms with E-state index in [1.807, 2.05) is 0 Å². The van der Waals surface area contributed by atoms with E-state index in [2.05, 4.69) is 5.32 Å². The highest BCUT2D eigenvalue weighted by molar-refractivity contribution is 5.85. The second-order valence-electron chi connectivity index (χ2n) is 2.89. The Kier molecular flexibility index (Phi) is 1.99. The summed E-state index contributed by atoms with van der Waals surface area (Å²) in [6.07, 6.45) is 5.10. The lowest BCUT2D eigenvalue weighted by Gasteiger charge is -2.22. The minimum atomic E-state index is -0.727. The van der Waals surface area contributed by atoms with E-state index < -0.39 is 11.4 Å². The maximum atomic E-state index is 10.9. The number of hydrogen-bond acceptors (Lipinski definition) is 3. The molecule has 0 spiro atoms. The van der Waals surface area contributed by atoms with E-state index in [1.165, 1.54) is 0 Å². The van der Waals surface area contributed by atoms with Crippen LogP contribution in [0.4, 0.5) is 0 Å². The molecule has 4 heteroatoms. The molecule has 1 saturated carbocycles. The smallest absolute Gasteiger partial charge is 0.243 e. The molecule has 0 aromatic rings. The van der Waals surface area contributed by atoms with Crippen LogP contribution >= 0.6 is 0 Å². The first-order valence-corrected chi connectivity index (χ1v) is 3.67. The van der Waals surface area contributed by atoms with Crippen molar-refractivity contribution in [3.05, 3.63) is 0 Å². The normalized spacial score (nSPS) is 20.6. The molecule has 0 saturated heterocycles. The highest BCUT2D eigenvalue weighted by Gasteiger charge is 2.39. The molecule has 1 aliphatic rings. The van der Waals surface area contributed by atoms with E-state index in [0.29, 0.717) is 12.8 Å². The average Bonchev–Trinajstić information content (AvgIpc) is 2.38. The second-order valence-corrected chi connectivity index (χ2v) is 2.89. The van der Waals surface area contributed by atoms with E-state index in [1.54, 1.807) is 6.19 Å². The van der Waals surface area contributed by atoms with Crippen LogP contribution < -0.4 is 11.1 Å². The van der Waals surface area contributed by atoms with Gasteiger partial charge < -0.3 is 11.1 Å². The zero-order valence-electron chi connectivity index (χ0n) is 6.26. The van der Waals surface area contributed by atoms with Gasteiger partial charge in [0, 0.05) is 0 Å². The average molecular weight is 153 g/mol. The third-order valence-electron chi connectivity index (χ3n) is 2.22. The van der Waals surface area contributed by atoms with Crippen molar-refractivity contribution in [3.63, 3.8) is 0 Å². The fourth-order valence-electron chi connectivity index (χ4n) is 1.52. The first kappa shape index (κ1) is 7.86. The first-order chi connectivity index (χ1) is 5.21. The zero-order valence-corrected chi connectivity index (χ0v) is 6.26. The number of amides is 1. The van der Waals surface area contributed by atoms with Gasteiger partial charge in [0.15, 0.2) is 6.19 Å². The molecule has 1 aliphatic carbocycles. The van der Waals surface area contributed by atoms with E-state index >= 15 is 0 Å². The van der Waals surface area contributed by atoms with Crippen LogP contribution in [0, 0.1) is 11.5 Å². The Morgan fingerprint density at radius 1 is 1.55 bits per heavy atom. The van der Waals surface area contributed by atoms with Crippen molar-refractivity contribution in [2.45, 2.75) is 31.2 Å². The van der Waals surface area contributed by atoms with Gasteiger partial charge in [0.25, 0.3) is 0 Å². The van der Waals surface area contributed by atoms with Crippen LogP contribution in [0.15, 0.2) is 0 Å². The van der Waals surface area contributed by atoms with Gasteiger partial charge >= 0.3 is 0 Å². The standard InChI is InChI=1S/C7H11N3O/c8-5-10-7(6(9)11)3-1-2-4-7/h10H,1-4H2,(H2,9,11). The van der Waals surface area contributed by atoms with Gasteiger partial charge in [-0.25, -0.2) is 0 Å². The quantitative estimate of drug-likeness (QED) is 0.428. The monoisotopic (exact) mass is 153 g/mol. The van der Waals surface area contributed by atoms with Crippen LogP contribution in [-0.2, 0) is 4.79 Å². The molecule has 60 valence electrons. The Balaban J connectivity index is 2.72. The Labute approximate surface area is 65.4 Å². The summed E-state index contributed by atoms with van der Waals surface area (Å²) in [5.41, 5.74) is 4.44. The Morgan fingerprint density at radius 2 is 2.09 bits per heavy atom. The van der Waals surface area contributed by atoms with Gasteiger partial charge in [0.05, 0.1) is 0 Å². The second kappa shape index (κ2) is 2.79. The van der Waals surface area contributed by atoms with E-state index in [4.69, 9.17) is 11.0 Å². The van der Waals surface area contributed by atoms with Crippen molar-refractivity contribution in [1.29, 1.82) is 5.26 Å². The summed E-state index contributed by atoms with van der Waals surface area (Å²) in [6, 6.07) is 0. The number of nitriles is 1. The predicted octanol–water partition coefficient (Wildman–Crippen LogP) is -0.145. The topological polar surface area (TPSA) is 78.9 Å². The number of hydrogen-bond donors (Lipinski definition) is 2. The Morgan fingerprint density at radius 3 is 2.45 bits per heavy atom. The lowest BCUT2D eigenvalue weighted by Crippen LogP contribution is -2.51. The maximum absolute atomic E-state index is 10.9. The molecule has 0 radical (unpaired) electrons. The van der Waals surface area contributed by atoms with Gasteiger partial charge in [-0.1, -0.05) is 12.8 Å². The number of carbonyl (C=O) groups is 1. The number of rotatable bonds is 2. The molecular weight excluding hydrogens is 142 g/mol. The Bertz CT molecular complexity index is 200. The van der Waals surface area contributed by atoms with Gasteiger partial charge in [0.2, 0.25) is 5.91 Å². The zero-order chi connectivity index (χ0) is 8.32. The number of nitrogens with two attached hydrogens (primary N) is 1. The van der Waals surface area contributed by atoms with Crippen molar-refractivity contribution in [3.8, 4) is 6.19 Å². The molecule has 3 N–H and O–H groups in total. The highest BCUT2D eigenvalue weighted by atomic mass is 16.1. The molecule has 0 heterocycles. The van der Waals surface area contributed by atoms with Crippen LogP contribution in [-0.4, -0.2) is 11.4 Å². The van der Waals surface area contributed by atoms with Crippen LogP contribution in [0.3, 0.4) is 0 Å². The van der Waals surface area contributed by atoms with Gasteiger partial charge in [0.1, 0.15) is 5.54 Å². The summed E-state index contributed by atoms with van der Waals surface area (Å²) in [5, 5.41) is 10.9. The largest absolute Gasteiger partial charge is 0.368 e. The van der Waals surface area contributed by atoms with Gasteiger partial charge in [-0.2, -0.15) is 5.26 Å². The van der Waals surface area contributed by atoms with Crippen molar-refractivity contribution in [2.24, 2.45) is 5.73 Å². The molecule has 11 heavy (non-hydrogen) atoms. The van der Waals surface area contributed by atoms with Gasteiger partial charge in [-0.05, 0) is 12.8 Å². The van der Waals surface area contributed by atoms with E-state index in [-0.39, 0.29) is 0 Å². The fourth-order valence-corrected chi connectivity index (χ4v) is 1.52. The van der Waals surface area contributed by atoms with Crippen LogP contribution in [0.5, 0.6) is 0 Å². The molecule has 1 fully saturated rings. The molecule has 1 rings (SSSR count). The molecule has 0 bridgehead atoms. The number of carbonyl (C=O) groups excluding carboxylic acids is 1. The third-order valence-corrected chi connectivity index (χ3v) is 2.22. The van der Waals surface area contributed by atoms with Crippen molar-refractivity contribution >= 4 is 5.91 Å². The molecule has 0 unspecified atom stereocenters. The molecule has 0 aliphatic heterocycles. The predicted molar refractivity (Wildman–Crippen MR) is 39.1 cm³/mol. The summed E-state index contributed by atoms with van der Waals surface area (Å²) < 4.78 is 0. The molecule has 4 nitrogen and oxygen atoms in total. The Hall–Kier alpha value is -1.24. The first-order valence-electron chi connectivity index (χ1n) is 3.67. The van der Waals surface area contributed by atoms with Crippen molar-refractivity contribution in [2.75, 3.05) is 0 Å². The van der Waals surface area contributed by atoms with E-state index in [9.17, 15) is 4.79 Å². The van der Waals surface area contributed by atoms with Crippen molar-refractivity contribution in [1.82, 2.24) is 5.32 Å². The summed E-state index contributed by atoms with van der Waals surface area (Å²) in [5.74, 6) is -0.406. The fraction of sp³-hybridized carbons (Fsp3) is 0.714. The van der Waals surface area contributed by atoms with Crippen molar-refractivity contribution < 1.29 is 4.79 Å². The van der Waals surface area contributed by atoms with Crippen LogP contribution in [0.2, 0.25) is 0 Å². The number of nitrogens with zero attached hydrogens (tertiary/aromatic N) is 1. The minimum Gasteiger partial charge on any atom is -0.368 e. The lowest BCUT2D eigenvalue weighted by atomic mass is 9.97. The highest BCUT2D eigenvalue weighted by Crippen LogP contribution is 2.28. The molecule has 0 atom stereocenters. The van der Waals surface area contributed by atoms with Crippen LogP contribution in [0.25, 0.3) is 0 Å². The van der Waals surface area contributed by atoms with Gasteiger partial charge in [-0.3, -0.25) is 4.79 Å². The summed E-state index contributed by atoms with van der Waals surface area (Å²) in [4.78, 5) is 10.9. The van der Waals surface area contributed by atoms with Crippen LogP contribution in [0.1, 0.15) is 25.7 Å². The maximum Gasteiger partial charge on any atom is 0.243 e. The number of primary amides is 1. The summed E-state index contributed by atoms with van der Waals surface area (Å²) in [7, 11) is 0. The van der Waals surface area contributed by atoms with Gasteiger partial charge in [-0.15, -0.1) is 0 Å². The molecule has 0 aromatic carbocycles. The SMILES string of the molecule is N#CNC1(C(N)=O)CCCC1. The number of nitrogens with one attached hydrogen (secondary N) is 1. The molecule has 1 amide bonds. The third kappa shape index (κ3) is 1.27. The molecular formula is C7H11N3O.